The van der Waals surface area contributed by atoms with Gasteiger partial charge in [-0.2, -0.15) is 4.89 Å². The van der Waals surface area contributed by atoms with E-state index < -0.39 is 32.7 Å². The Labute approximate surface area is 252 Å². The van der Waals surface area contributed by atoms with Crippen LogP contribution in [0.1, 0.15) is 139 Å². The maximum absolute atomic E-state index is 13.7. The molecular formula is C30H54Cl2O8. The van der Waals surface area contributed by atoms with E-state index in [1.807, 2.05) is 13.8 Å². The quantitative estimate of drug-likeness (QED) is 0.0628. The van der Waals surface area contributed by atoms with Crippen molar-refractivity contribution in [2.24, 2.45) is 17.3 Å². The fourth-order valence-electron chi connectivity index (χ4n) is 6.25. The molecule has 0 amide bonds. The van der Waals surface area contributed by atoms with Crippen LogP contribution in [0.5, 0.6) is 0 Å². The monoisotopic (exact) mass is 612 g/mol. The van der Waals surface area contributed by atoms with E-state index in [0.717, 1.165) is 44.1 Å². The summed E-state index contributed by atoms with van der Waals surface area (Å²) in [4.78, 5) is 22.0. The molecule has 1 aliphatic carbocycles. The van der Waals surface area contributed by atoms with Gasteiger partial charge >= 0.3 is 5.97 Å². The summed E-state index contributed by atoms with van der Waals surface area (Å²) < 4.78 is 0. The molecule has 4 atom stereocenters. The van der Waals surface area contributed by atoms with Crippen LogP contribution in [-0.4, -0.2) is 26.4 Å². The minimum absolute atomic E-state index is 0.0660. The van der Waals surface area contributed by atoms with Crippen molar-refractivity contribution < 1.29 is 39.8 Å². The number of carboxylic acid groups (broad SMARTS) is 1. The SMILES string of the molecule is CCCCC1=C(OOOOOOC(C)(C)C)C(Cl)(CCCC)C(CCCC)(C(=O)O)C(C(C)C)C1(Cl)CCCC. The summed E-state index contributed by atoms with van der Waals surface area (Å²) in [6.45, 7) is 17.7. The van der Waals surface area contributed by atoms with Crippen molar-refractivity contribution in [3.63, 3.8) is 0 Å². The molecule has 1 rings (SSSR count). The normalized spacial score (nSPS) is 27.4. The zero-order chi connectivity index (χ0) is 30.6. The van der Waals surface area contributed by atoms with Gasteiger partial charge in [-0.05, 0) is 74.4 Å². The highest BCUT2D eigenvalue weighted by Crippen LogP contribution is 2.67. The first-order valence-electron chi connectivity index (χ1n) is 15.1. The number of hydrogen-bond donors (Lipinski definition) is 1. The predicted octanol–water partition coefficient (Wildman–Crippen LogP) is 9.79. The maximum Gasteiger partial charge on any atom is 0.312 e. The highest BCUT2D eigenvalue weighted by Gasteiger charge is 2.71. The molecule has 0 aromatic rings. The average Bonchev–Trinajstić information content (AvgIpc) is 2.87. The van der Waals surface area contributed by atoms with Crippen LogP contribution >= 0.6 is 23.2 Å². The molecule has 1 aliphatic rings. The van der Waals surface area contributed by atoms with E-state index in [4.69, 9.17) is 38.0 Å². The number of alkyl halides is 2. The first kappa shape index (κ1) is 37.4. The molecule has 0 aromatic carbocycles. The van der Waals surface area contributed by atoms with Crippen LogP contribution in [-0.2, 0) is 34.7 Å². The van der Waals surface area contributed by atoms with Gasteiger partial charge in [-0.3, -0.25) is 4.79 Å². The van der Waals surface area contributed by atoms with Crippen LogP contribution in [0.2, 0.25) is 0 Å². The van der Waals surface area contributed by atoms with Crippen LogP contribution in [0.3, 0.4) is 0 Å². The number of carboxylic acids is 1. The molecule has 0 saturated heterocycles. The van der Waals surface area contributed by atoms with Crippen molar-refractivity contribution in [2.75, 3.05) is 0 Å². The average molecular weight is 614 g/mol. The minimum Gasteiger partial charge on any atom is -0.481 e. The molecule has 0 radical (unpaired) electrons. The van der Waals surface area contributed by atoms with E-state index in [9.17, 15) is 9.90 Å². The molecule has 40 heavy (non-hydrogen) atoms. The smallest absolute Gasteiger partial charge is 0.312 e. The number of rotatable bonds is 20. The lowest BCUT2D eigenvalue weighted by Gasteiger charge is -2.59. The highest BCUT2D eigenvalue weighted by molar-refractivity contribution is 6.31. The lowest BCUT2D eigenvalue weighted by molar-refractivity contribution is -0.759. The van der Waals surface area contributed by atoms with Crippen molar-refractivity contribution in [2.45, 2.75) is 155 Å². The maximum atomic E-state index is 13.7. The number of allylic oxidation sites excluding steroid dienone is 2. The second-order valence-corrected chi connectivity index (χ2v) is 13.8. The van der Waals surface area contributed by atoms with Crippen LogP contribution in [0.25, 0.3) is 0 Å². The minimum atomic E-state index is -1.45. The van der Waals surface area contributed by atoms with Gasteiger partial charge < -0.3 is 9.99 Å². The third-order valence-corrected chi connectivity index (χ3v) is 9.22. The molecule has 0 heterocycles. The molecule has 8 nitrogen and oxygen atoms in total. The summed E-state index contributed by atoms with van der Waals surface area (Å²) >= 11 is 15.5. The third kappa shape index (κ3) is 8.71. The Hall–Kier alpha value is -0.610. The number of carbonyl (C=O) groups is 1. The molecular weight excluding hydrogens is 559 g/mol. The Bertz CT molecular complexity index is 799. The van der Waals surface area contributed by atoms with Gasteiger partial charge in [0.25, 0.3) is 0 Å². The van der Waals surface area contributed by atoms with Crippen molar-refractivity contribution >= 4 is 29.2 Å². The molecule has 10 heteroatoms. The van der Waals surface area contributed by atoms with Gasteiger partial charge in [-0.15, -0.1) is 23.2 Å². The lowest BCUT2D eigenvalue weighted by Crippen LogP contribution is -2.66. The Morgan fingerprint density at radius 3 is 1.88 bits per heavy atom. The zero-order valence-electron chi connectivity index (χ0n) is 26.2. The number of unbranched alkanes of at least 4 members (excludes halogenated alkanes) is 4. The van der Waals surface area contributed by atoms with E-state index in [-0.39, 0.29) is 11.7 Å². The number of hydrogen-bond acceptors (Lipinski definition) is 7. The Balaban J connectivity index is 3.89. The number of halogens is 2. The van der Waals surface area contributed by atoms with Gasteiger partial charge in [0.2, 0.25) is 0 Å². The molecule has 0 fully saturated rings. The summed E-state index contributed by atoms with van der Waals surface area (Å²) in [6.07, 6.45) is 8.34. The van der Waals surface area contributed by atoms with E-state index in [1.165, 1.54) is 0 Å². The topological polar surface area (TPSA) is 92.7 Å². The summed E-state index contributed by atoms with van der Waals surface area (Å²) in [5.74, 6) is -1.28. The summed E-state index contributed by atoms with van der Waals surface area (Å²) in [6, 6.07) is 0. The third-order valence-electron chi connectivity index (χ3n) is 7.87. The van der Waals surface area contributed by atoms with Gasteiger partial charge in [0.1, 0.15) is 4.87 Å². The number of aliphatic carboxylic acids is 1. The van der Waals surface area contributed by atoms with Gasteiger partial charge in [-0.1, -0.05) is 86.5 Å². The van der Waals surface area contributed by atoms with E-state index >= 15 is 0 Å². The predicted molar refractivity (Wildman–Crippen MR) is 157 cm³/mol. The zero-order valence-corrected chi connectivity index (χ0v) is 27.7. The standard InChI is InChI=1S/C30H54Cl2O8/c1-10-14-18-23-25(35-37-39-40-38-36-27(7,8)9)30(32,21-17-13-4)28(26(33)34,19-15-11-2)24(22(5)6)29(23,31)20-16-12-3/h22,24H,10-21H2,1-9H3,(H,33,34). The van der Waals surface area contributed by atoms with Crippen molar-refractivity contribution in [3.8, 4) is 0 Å². The van der Waals surface area contributed by atoms with E-state index in [2.05, 4.69) is 42.8 Å². The Kier molecular flexibility index (Phi) is 15.8. The van der Waals surface area contributed by atoms with Crippen LogP contribution < -0.4 is 0 Å². The molecule has 0 spiro atoms. The molecule has 236 valence electrons. The summed E-state index contributed by atoms with van der Waals surface area (Å²) in [5.41, 5.74) is -1.30. The molecule has 0 bridgehead atoms. The van der Waals surface area contributed by atoms with Gasteiger partial charge in [0.15, 0.2) is 5.76 Å². The lowest BCUT2D eigenvalue weighted by atomic mass is 9.49. The fraction of sp³-hybridized carbons (Fsp3) is 0.900. The molecule has 0 saturated carbocycles. The summed E-state index contributed by atoms with van der Waals surface area (Å²) in [5, 5.41) is 30.0. The second-order valence-electron chi connectivity index (χ2n) is 12.4. The van der Waals surface area contributed by atoms with E-state index in [1.54, 1.807) is 20.8 Å². The van der Waals surface area contributed by atoms with Crippen molar-refractivity contribution in [3.05, 3.63) is 11.3 Å². The fourth-order valence-corrected chi connectivity index (χ4v) is 7.57. The Morgan fingerprint density at radius 2 is 1.38 bits per heavy atom. The molecule has 4 unspecified atom stereocenters. The Morgan fingerprint density at radius 1 is 0.850 bits per heavy atom. The highest BCUT2D eigenvalue weighted by atomic mass is 35.5. The summed E-state index contributed by atoms with van der Waals surface area (Å²) in [7, 11) is 0. The van der Waals surface area contributed by atoms with Gasteiger partial charge in [-0.25, -0.2) is 0 Å². The van der Waals surface area contributed by atoms with Gasteiger partial charge in [0, 0.05) is 16.0 Å². The first-order chi connectivity index (χ1) is 18.7. The van der Waals surface area contributed by atoms with Crippen LogP contribution in [0.4, 0.5) is 0 Å². The largest absolute Gasteiger partial charge is 0.481 e. The second kappa shape index (κ2) is 16.9. The van der Waals surface area contributed by atoms with Gasteiger partial charge in [0.05, 0.1) is 15.9 Å². The van der Waals surface area contributed by atoms with Crippen LogP contribution in [0, 0.1) is 17.3 Å². The van der Waals surface area contributed by atoms with Crippen molar-refractivity contribution in [1.82, 2.24) is 0 Å². The molecule has 1 N–H and O–H groups in total. The molecule has 0 aromatic heterocycles. The molecule has 0 aliphatic heterocycles. The first-order valence-corrected chi connectivity index (χ1v) is 15.9. The van der Waals surface area contributed by atoms with Crippen LogP contribution in [0.15, 0.2) is 11.3 Å². The van der Waals surface area contributed by atoms with E-state index in [0.29, 0.717) is 38.5 Å². The van der Waals surface area contributed by atoms with Crippen molar-refractivity contribution in [1.29, 1.82) is 0 Å².